The Bertz CT molecular complexity index is 1450. The fourth-order valence-electron chi connectivity index (χ4n) is 4.48. The van der Waals surface area contributed by atoms with Crippen molar-refractivity contribution in [1.82, 2.24) is 30.2 Å². The summed E-state index contributed by atoms with van der Waals surface area (Å²) in [4.78, 5) is 17.7. The number of amides is 1. The van der Waals surface area contributed by atoms with Crippen molar-refractivity contribution < 1.29 is 13.9 Å². The lowest BCUT2D eigenvalue weighted by atomic mass is 10.1. The third-order valence-corrected chi connectivity index (χ3v) is 6.94. The molecule has 12 heteroatoms. The number of piperazine rings is 1. The molecule has 2 aromatic heterocycles. The number of rotatable bonds is 8. The van der Waals surface area contributed by atoms with E-state index in [2.05, 4.69) is 42.8 Å². The van der Waals surface area contributed by atoms with Crippen molar-refractivity contribution in [2.75, 3.05) is 50.5 Å². The van der Waals surface area contributed by atoms with Crippen molar-refractivity contribution in [2.24, 2.45) is 0 Å². The molecule has 39 heavy (non-hydrogen) atoms. The molecule has 4 aromatic rings. The van der Waals surface area contributed by atoms with Crippen molar-refractivity contribution in [3.05, 3.63) is 83.7 Å². The third-order valence-electron chi connectivity index (χ3n) is 6.57. The highest BCUT2D eigenvalue weighted by molar-refractivity contribution is 6.35. The molecule has 202 valence electrons. The molecule has 2 aromatic carbocycles. The summed E-state index contributed by atoms with van der Waals surface area (Å²) < 4.78 is 21.8. The lowest BCUT2D eigenvalue weighted by Gasteiger charge is -2.41. The maximum absolute atomic E-state index is 14.3. The average Bonchev–Trinajstić information content (AvgIpc) is 3.44. The van der Waals surface area contributed by atoms with Crippen LogP contribution in [-0.2, 0) is 0 Å². The number of hydrogen-bond acceptors (Lipinski definition) is 8. The Balaban J connectivity index is 1.47. The highest BCUT2D eigenvalue weighted by atomic mass is 35.5. The van der Waals surface area contributed by atoms with E-state index in [1.54, 1.807) is 59.7 Å². The van der Waals surface area contributed by atoms with Crippen LogP contribution in [0, 0.1) is 5.82 Å². The Hall–Kier alpha value is -4.06. The van der Waals surface area contributed by atoms with E-state index in [9.17, 15) is 9.18 Å². The maximum Gasteiger partial charge on any atom is 0.276 e. The van der Waals surface area contributed by atoms with E-state index in [1.807, 2.05) is 7.05 Å². The largest absolute Gasteiger partial charge is 0.453 e. The second-order valence-corrected chi connectivity index (χ2v) is 9.52. The normalized spacial score (nSPS) is 15.8. The number of anilines is 2. The molecule has 3 heterocycles. The van der Waals surface area contributed by atoms with Crippen LogP contribution in [-0.4, -0.2) is 77.1 Å². The zero-order valence-electron chi connectivity index (χ0n) is 21.5. The predicted octanol–water partition coefficient (Wildman–Crippen LogP) is 3.84. The van der Waals surface area contributed by atoms with E-state index >= 15 is 0 Å². The van der Waals surface area contributed by atoms with Crippen molar-refractivity contribution in [3.63, 3.8) is 0 Å². The molecular weight excluding hydrogens is 523 g/mol. The Morgan fingerprint density at radius 1 is 1.13 bits per heavy atom. The standard InChI is InChI=1S/C27H28ClFN8O2/c1-30-15-19-17-36(14-13-35(19)2)26-21(7-8-24(25(26)28)39-23-6-4-3-5-20(23)29)33-27(38)22-10-12-37(34-22)18-9-11-31-32-16-18/h3-12,16,19,30H,13-15,17H2,1-2H3,(H,33,38)/t19-/m0/s1. The highest BCUT2D eigenvalue weighted by Crippen LogP contribution is 2.43. The van der Waals surface area contributed by atoms with Crippen LogP contribution in [0.4, 0.5) is 15.8 Å². The molecule has 0 saturated carbocycles. The van der Waals surface area contributed by atoms with Gasteiger partial charge in [-0.15, -0.1) is 0 Å². The number of benzene rings is 2. The molecule has 0 spiro atoms. The summed E-state index contributed by atoms with van der Waals surface area (Å²) in [5, 5.41) is 18.5. The number of carbonyl (C=O) groups is 1. The Morgan fingerprint density at radius 2 is 1.97 bits per heavy atom. The number of carbonyl (C=O) groups excluding carboxylic acids is 1. The third kappa shape index (κ3) is 5.85. The topological polar surface area (TPSA) is 100 Å². The number of hydrogen-bond donors (Lipinski definition) is 2. The van der Waals surface area contributed by atoms with Crippen molar-refractivity contribution in [1.29, 1.82) is 0 Å². The predicted molar refractivity (Wildman–Crippen MR) is 148 cm³/mol. The molecule has 1 saturated heterocycles. The highest BCUT2D eigenvalue weighted by Gasteiger charge is 2.29. The second kappa shape index (κ2) is 11.8. The summed E-state index contributed by atoms with van der Waals surface area (Å²) in [7, 11) is 3.99. The number of para-hydroxylation sites is 1. The first kappa shape index (κ1) is 26.5. The number of aromatic nitrogens is 4. The SMILES string of the molecule is CNC[C@H]1CN(c2c(NC(=O)c3ccn(-c4ccnnc4)n3)ccc(Oc3ccccc3F)c2Cl)CCN1C. The zero-order valence-corrected chi connectivity index (χ0v) is 22.3. The number of nitrogens with zero attached hydrogens (tertiary/aromatic N) is 6. The van der Waals surface area contributed by atoms with Crippen LogP contribution in [0.2, 0.25) is 5.02 Å². The fourth-order valence-corrected chi connectivity index (χ4v) is 4.80. The van der Waals surface area contributed by atoms with E-state index < -0.39 is 11.7 Å². The van der Waals surface area contributed by atoms with Gasteiger partial charge in [-0.1, -0.05) is 23.7 Å². The summed E-state index contributed by atoms with van der Waals surface area (Å²) in [6, 6.07) is 13.0. The van der Waals surface area contributed by atoms with E-state index in [-0.39, 0.29) is 28.3 Å². The van der Waals surface area contributed by atoms with Crippen LogP contribution < -0.4 is 20.3 Å². The molecule has 5 rings (SSSR count). The summed E-state index contributed by atoms with van der Waals surface area (Å²) in [5.74, 6) is -0.559. The van der Waals surface area contributed by atoms with Gasteiger partial charge in [-0.2, -0.15) is 15.3 Å². The summed E-state index contributed by atoms with van der Waals surface area (Å²) in [6.07, 6.45) is 4.77. The lowest BCUT2D eigenvalue weighted by molar-refractivity contribution is 0.102. The van der Waals surface area contributed by atoms with Gasteiger partial charge in [0.25, 0.3) is 5.91 Å². The Labute approximate surface area is 230 Å². The lowest BCUT2D eigenvalue weighted by Crippen LogP contribution is -2.55. The first-order chi connectivity index (χ1) is 18.9. The smallest absolute Gasteiger partial charge is 0.276 e. The van der Waals surface area contributed by atoms with Gasteiger partial charge in [0.15, 0.2) is 17.3 Å². The Kier molecular flexibility index (Phi) is 8.01. The van der Waals surface area contributed by atoms with Crippen LogP contribution >= 0.6 is 11.6 Å². The summed E-state index contributed by atoms with van der Waals surface area (Å²) >= 11 is 6.92. The minimum Gasteiger partial charge on any atom is -0.453 e. The maximum atomic E-state index is 14.3. The number of likely N-dealkylation sites (N-methyl/N-ethyl adjacent to an activating group) is 2. The number of nitrogens with one attached hydrogen (secondary N) is 2. The van der Waals surface area contributed by atoms with E-state index in [1.165, 1.54) is 12.1 Å². The second-order valence-electron chi connectivity index (χ2n) is 9.14. The van der Waals surface area contributed by atoms with Crippen LogP contribution in [0.5, 0.6) is 11.5 Å². The molecule has 1 aliphatic heterocycles. The summed E-state index contributed by atoms with van der Waals surface area (Å²) in [5.41, 5.74) is 1.99. The van der Waals surface area contributed by atoms with E-state index in [0.717, 1.165) is 13.1 Å². The molecule has 2 N–H and O–H groups in total. The van der Waals surface area contributed by atoms with Crippen molar-refractivity contribution in [2.45, 2.75) is 6.04 Å². The first-order valence-electron chi connectivity index (χ1n) is 12.4. The number of halogens is 2. The number of ether oxygens (including phenoxy) is 1. The molecule has 0 bridgehead atoms. The van der Waals surface area contributed by atoms with E-state index in [0.29, 0.717) is 30.2 Å². The van der Waals surface area contributed by atoms with E-state index in [4.69, 9.17) is 16.3 Å². The van der Waals surface area contributed by atoms with Gasteiger partial charge in [0, 0.05) is 38.4 Å². The van der Waals surface area contributed by atoms with Gasteiger partial charge in [-0.25, -0.2) is 9.07 Å². The van der Waals surface area contributed by atoms with Gasteiger partial charge in [0.05, 0.1) is 29.5 Å². The molecular formula is C27H28ClFN8O2. The van der Waals surface area contributed by atoms with Gasteiger partial charge >= 0.3 is 0 Å². The van der Waals surface area contributed by atoms with Gasteiger partial charge in [0.2, 0.25) is 0 Å². The van der Waals surface area contributed by atoms with Crippen molar-refractivity contribution in [3.8, 4) is 17.2 Å². The van der Waals surface area contributed by atoms with Gasteiger partial charge < -0.3 is 20.3 Å². The average molecular weight is 551 g/mol. The fraction of sp³-hybridized carbons (Fsp3) is 0.259. The summed E-state index contributed by atoms with van der Waals surface area (Å²) in [6.45, 7) is 2.90. The minimum atomic E-state index is -0.499. The quantitative estimate of drug-likeness (QED) is 0.341. The molecule has 1 amide bonds. The van der Waals surface area contributed by atoms with Gasteiger partial charge in [-0.3, -0.25) is 9.69 Å². The molecule has 1 fully saturated rings. The Morgan fingerprint density at radius 3 is 2.74 bits per heavy atom. The minimum absolute atomic E-state index is 0.0599. The van der Waals surface area contributed by atoms with Crippen LogP contribution in [0.15, 0.2) is 67.1 Å². The molecule has 1 aliphatic rings. The van der Waals surface area contributed by atoms with Crippen LogP contribution in [0.1, 0.15) is 10.5 Å². The van der Waals surface area contributed by atoms with Crippen molar-refractivity contribution >= 4 is 28.9 Å². The molecule has 0 aliphatic carbocycles. The van der Waals surface area contributed by atoms with Gasteiger partial charge in [-0.05, 0) is 50.5 Å². The first-order valence-corrected chi connectivity index (χ1v) is 12.8. The molecule has 1 atom stereocenters. The van der Waals surface area contributed by atoms with Crippen LogP contribution in [0.3, 0.4) is 0 Å². The zero-order chi connectivity index (χ0) is 27.4. The molecule has 10 nitrogen and oxygen atoms in total. The monoisotopic (exact) mass is 550 g/mol. The van der Waals surface area contributed by atoms with Gasteiger partial charge in [0.1, 0.15) is 10.8 Å². The van der Waals surface area contributed by atoms with Crippen LogP contribution in [0.25, 0.3) is 5.69 Å². The molecule has 0 unspecified atom stereocenters. The molecule has 0 radical (unpaired) electrons.